The van der Waals surface area contributed by atoms with Gasteiger partial charge in [-0.1, -0.05) is 18.2 Å². The van der Waals surface area contributed by atoms with Crippen LogP contribution in [-0.4, -0.2) is 38.0 Å². The van der Waals surface area contributed by atoms with Gasteiger partial charge in [-0.05, 0) is 6.07 Å². The van der Waals surface area contributed by atoms with Crippen LogP contribution < -0.4 is 0 Å². The van der Waals surface area contributed by atoms with Crippen molar-refractivity contribution in [2.45, 2.75) is 6.10 Å². The number of para-hydroxylation sites is 1. The Morgan fingerprint density at radius 3 is 2.40 bits per heavy atom. The van der Waals surface area contributed by atoms with Crippen LogP contribution in [-0.2, 0) is 19.0 Å². The number of carbonyl (C=O) groups excluding carboxylic acids is 2. The predicted molar refractivity (Wildman–Crippen MR) is 71.5 cm³/mol. The Balaban J connectivity index is 2.64. The molecule has 0 saturated heterocycles. The Labute approximate surface area is 115 Å². The average Bonchev–Trinajstić information content (AvgIpc) is 2.87. The van der Waals surface area contributed by atoms with Crippen LogP contribution in [0.3, 0.4) is 0 Å². The molecule has 106 valence electrons. The number of hydrogen-bond acceptors (Lipinski definition) is 5. The number of esters is 1. The molecule has 0 N–H and O–H groups in total. The van der Waals surface area contributed by atoms with Gasteiger partial charge in [0.25, 0.3) is 0 Å². The van der Waals surface area contributed by atoms with Gasteiger partial charge in [0.15, 0.2) is 6.10 Å². The zero-order valence-corrected chi connectivity index (χ0v) is 11.5. The molecule has 0 spiro atoms. The highest BCUT2D eigenvalue weighted by molar-refractivity contribution is 5.94. The van der Waals surface area contributed by atoms with Gasteiger partial charge in [0.05, 0.1) is 19.7 Å². The van der Waals surface area contributed by atoms with Crippen LogP contribution in [0.2, 0.25) is 0 Å². The Bertz CT molecular complexity index is 646. The van der Waals surface area contributed by atoms with Crippen LogP contribution in [0.25, 0.3) is 10.9 Å². The Hall–Kier alpha value is -2.34. The van der Waals surface area contributed by atoms with E-state index in [9.17, 15) is 9.59 Å². The van der Waals surface area contributed by atoms with Gasteiger partial charge in [-0.3, -0.25) is 4.57 Å². The van der Waals surface area contributed by atoms with Crippen LogP contribution in [0.5, 0.6) is 0 Å². The van der Waals surface area contributed by atoms with E-state index in [-0.39, 0.29) is 0 Å². The van der Waals surface area contributed by atoms with E-state index in [2.05, 4.69) is 0 Å². The van der Waals surface area contributed by atoms with E-state index in [0.29, 0.717) is 11.1 Å². The third-order valence-corrected chi connectivity index (χ3v) is 3.05. The van der Waals surface area contributed by atoms with E-state index in [4.69, 9.17) is 14.2 Å². The first-order valence-electron chi connectivity index (χ1n) is 5.93. The zero-order chi connectivity index (χ0) is 14.7. The van der Waals surface area contributed by atoms with Crippen molar-refractivity contribution in [3.63, 3.8) is 0 Å². The lowest BCUT2D eigenvalue weighted by Crippen LogP contribution is -2.16. The second kappa shape index (κ2) is 5.75. The first kappa shape index (κ1) is 14.1. The molecule has 6 heteroatoms. The minimum absolute atomic E-state index is 0.528. The molecule has 1 heterocycles. The second-order valence-electron chi connectivity index (χ2n) is 4.08. The molecule has 0 bridgehead atoms. The van der Waals surface area contributed by atoms with Gasteiger partial charge in [-0.2, -0.15) is 0 Å². The number of fused-ring (bicyclic) bond motifs is 1. The summed E-state index contributed by atoms with van der Waals surface area (Å²) in [5, 5.41) is 0.732. The molecule has 6 nitrogen and oxygen atoms in total. The van der Waals surface area contributed by atoms with E-state index in [1.807, 2.05) is 6.07 Å². The summed E-state index contributed by atoms with van der Waals surface area (Å²) >= 11 is 0. The molecule has 0 aliphatic heterocycles. The quantitative estimate of drug-likeness (QED) is 0.804. The largest absolute Gasteiger partial charge is 0.467 e. The number of methoxy groups -OCH3 is 3. The summed E-state index contributed by atoms with van der Waals surface area (Å²) in [7, 11) is 3.99. The summed E-state index contributed by atoms with van der Waals surface area (Å²) < 4.78 is 16.0. The van der Waals surface area contributed by atoms with Gasteiger partial charge in [0.2, 0.25) is 0 Å². The smallest absolute Gasteiger partial charge is 0.418 e. The number of benzene rings is 1. The fourth-order valence-electron chi connectivity index (χ4n) is 2.12. The normalized spacial score (nSPS) is 12.2. The first-order valence-corrected chi connectivity index (χ1v) is 5.93. The van der Waals surface area contributed by atoms with Crippen molar-refractivity contribution in [1.29, 1.82) is 0 Å². The summed E-state index contributed by atoms with van der Waals surface area (Å²) in [4.78, 5) is 23.5. The summed E-state index contributed by atoms with van der Waals surface area (Å²) in [5.41, 5.74) is 1.20. The van der Waals surface area contributed by atoms with Gasteiger partial charge < -0.3 is 14.2 Å². The molecule has 0 fully saturated rings. The maximum atomic E-state index is 11.8. The van der Waals surface area contributed by atoms with Gasteiger partial charge >= 0.3 is 12.1 Å². The molecule has 0 aliphatic carbocycles. The molecule has 0 saturated carbocycles. The summed E-state index contributed by atoms with van der Waals surface area (Å²) in [6, 6.07) is 7.18. The number of ether oxygens (including phenoxy) is 3. The number of hydrogen-bond donors (Lipinski definition) is 0. The minimum Gasteiger partial charge on any atom is -0.467 e. The summed E-state index contributed by atoms with van der Waals surface area (Å²) in [5.74, 6) is -0.528. The second-order valence-corrected chi connectivity index (χ2v) is 4.08. The van der Waals surface area contributed by atoms with Crippen molar-refractivity contribution < 1.29 is 23.8 Å². The minimum atomic E-state index is -0.893. The molecule has 0 aliphatic rings. The third-order valence-electron chi connectivity index (χ3n) is 3.05. The SMILES string of the molecule is COC(=O)C(OC)c1cn(C(=O)OC)c2ccccc12. The fraction of sp³-hybridized carbons (Fsp3) is 0.286. The lowest BCUT2D eigenvalue weighted by Gasteiger charge is -2.11. The maximum absolute atomic E-state index is 11.8. The van der Waals surface area contributed by atoms with Crippen molar-refractivity contribution in [3.8, 4) is 0 Å². The maximum Gasteiger partial charge on any atom is 0.418 e. The topological polar surface area (TPSA) is 66.8 Å². The fourth-order valence-corrected chi connectivity index (χ4v) is 2.12. The lowest BCUT2D eigenvalue weighted by molar-refractivity contribution is -0.152. The number of nitrogens with zero attached hydrogens (tertiary/aromatic N) is 1. The predicted octanol–water partition coefficient (Wildman–Crippen LogP) is 2.12. The molecular formula is C14H15NO5. The van der Waals surface area contributed by atoms with E-state index in [1.54, 1.807) is 18.2 Å². The Kier molecular flexibility index (Phi) is 4.05. The van der Waals surface area contributed by atoms with E-state index in [0.717, 1.165) is 5.39 Å². The molecule has 0 radical (unpaired) electrons. The Morgan fingerprint density at radius 1 is 1.10 bits per heavy atom. The van der Waals surface area contributed by atoms with E-state index in [1.165, 1.54) is 32.1 Å². The summed E-state index contributed by atoms with van der Waals surface area (Å²) in [6.45, 7) is 0. The molecule has 1 aromatic heterocycles. The molecular weight excluding hydrogens is 262 g/mol. The van der Waals surface area contributed by atoms with Gasteiger partial charge in [-0.15, -0.1) is 0 Å². The average molecular weight is 277 g/mol. The Morgan fingerprint density at radius 2 is 1.80 bits per heavy atom. The van der Waals surface area contributed by atoms with Gasteiger partial charge in [0, 0.05) is 24.3 Å². The highest BCUT2D eigenvalue weighted by Gasteiger charge is 2.26. The molecule has 2 aromatic rings. The molecule has 1 atom stereocenters. The standard InChI is InChI=1S/C14H15NO5/c1-18-12(13(16)19-2)10-8-15(14(17)20-3)11-7-5-4-6-9(10)11/h4-8,12H,1-3H3. The first-order chi connectivity index (χ1) is 9.63. The van der Waals surface area contributed by atoms with Crippen LogP contribution in [0.1, 0.15) is 11.7 Å². The van der Waals surface area contributed by atoms with Crippen molar-refractivity contribution in [2.75, 3.05) is 21.3 Å². The van der Waals surface area contributed by atoms with Crippen molar-refractivity contribution in [3.05, 3.63) is 36.0 Å². The molecule has 1 aromatic carbocycles. The monoisotopic (exact) mass is 277 g/mol. The molecule has 20 heavy (non-hydrogen) atoms. The van der Waals surface area contributed by atoms with Crippen molar-refractivity contribution in [2.24, 2.45) is 0 Å². The van der Waals surface area contributed by atoms with Crippen LogP contribution in [0.4, 0.5) is 4.79 Å². The number of aromatic nitrogens is 1. The number of carbonyl (C=O) groups is 2. The molecule has 2 rings (SSSR count). The molecule has 1 unspecified atom stereocenters. The van der Waals surface area contributed by atoms with Crippen LogP contribution in [0.15, 0.2) is 30.5 Å². The van der Waals surface area contributed by atoms with E-state index < -0.39 is 18.2 Å². The van der Waals surface area contributed by atoms with Crippen LogP contribution in [0, 0.1) is 0 Å². The van der Waals surface area contributed by atoms with Gasteiger partial charge in [0.1, 0.15) is 0 Å². The highest BCUT2D eigenvalue weighted by atomic mass is 16.6. The van der Waals surface area contributed by atoms with Crippen LogP contribution >= 0.6 is 0 Å². The van der Waals surface area contributed by atoms with Crippen molar-refractivity contribution in [1.82, 2.24) is 4.57 Å². The van der Waals surface area contributed by atoms with Gasteiger partial charge in [-0.25, -0.2) is 9.59 Å². The highest BCUT2D eigenvalue weighted by Crippen LogP contribution is 2.29. The van der Waals surface area contributed by atoms with E-state index >= 15 is 0 Å². The van der Waals surface area contributed by atoms with Crippen molar-refractivity contribution >= 4 is 23.0 Å². The third kappa shape index (κ3) is 2.25. The lowest BCUT2D eigenvalue weighted by atomic mass is 10.1. The zero-order valence-electron chi connectivity index (χ0n) is 11.5. The summed E-state index contributed by atoms with van der Waals surface area (Å²) in [6.07, 6.45) is 0.102. The number of rotatable bonds is 3. The molecule has 0 amide bonds.